The van der Waals surface area contributed by atoms with Crippen molar-refractivity contribution in [3.8, 4) is 0 Å². The molecule has 0 aliphatic rings. The molecule has 0 saturated heterocycles. The molecule has 0 spiro atoms. The number of aliphatic imine (C=N–C) groups is 2. The van der Waals surface area contributed by atoms with Crippen LogP contribution in [0.2, 0.25) is 0 Å². The highest BCUT2D eigenvalue weighted by atomic mass is 16.3. The molecular formula is C12H20N2O. The van der Waals surface area contributed by atoms with Gasteiger partial charge in [-0.3, -0.25) is 4.99 Å². The van der Waals surface area contributed by atoms with E-state index in [1.807, 2.05) is 20.8 Å². The van der Waals surface area contributed by atoms with Gasteiger partial charge in [0.25, 0.3) is 0 Å². The lowest BCUT2D eigenvalue weighted by Gasteiger charge is -2.01. The fraction of sp³-hybridized carbons (Fsp3) is 0.333. The molecular weight excluding hydrogens is 188 g/mol. The summed E-state index contributed by atoms with van der Waals surface area (Å²) >= 11 is 0. The molecule has 3 heteroatoms. The van der Waals surface area contributed by atoms with Crippen molar-refractivity contribution in [1.82, 2.24) is 0 Å². The molecule has 84 valence electrons. The second-order valence-corrected chi connectivity index (χ2v) is 2.17. The lowest BCUT2D eigenvalue weighted by Crippen LogP contribution is -1.89. The first-order chi connectivity index (χ1) is 7.21. The molecule has 0 aromatic rings. The second-order valence-electron chi connectivity index (χ2n) is 2.17. The Bertz CT molecular complexity index is 286. The molecule has 0 aliphatic heterocycles. The van der Waals surface area contributed by atoms with Gasteiger partial charge in [-0.2, -0.15) is 0 Å². The van der Waals surface area contributed by atoms with Gasteiger partial charge in [-0.05, 0) is 20.6 Å². The van der Waals surface area contributed by atoms with Crippen molar-refractivity contribution in [3.63, 3.8) is 0 Å². The fourth-order valence-electron chi connectivity index (χ4n) is 0.826. The van der Waals surface area contributed by atoms with Crippen LogP contribution in [0.25, 0.3) is 0 Å². The highest BCUT2D eigenvalue weighted by Gasteiger charge is 2.04. The van der Waals surface area contributed by atoms with Gasteiger partial charge in [0.2, 0.25) is 5.88 Å². The third kappa shape index (κ3) is 5.62. The number of rotatable bonds is 4. The van der Waals surface area contributed by atoms with Gasteiger partial charge < -0.3 is 5.11 Å². The Labute approximate surface area is 92.3 Å². The number of nitrogens with zero attached hydrogens (tertiary/aromatic N) is 2. The number of hydrogen-bond acceptors (Lipinski definition) is 3. The van der Waals surface area contributed by atoms with E-state index in [1.165, 1.54) is 6.21 Å². The molecule has 0 aromatic heterocycles. The molecule has 0 fully saturated rings. The quantitative estimate of drug-likeness (QED) is 0.427. The van der Waals surface area contributed by atoms with Gasteiger partial charge in [0.05, 0.1) is 0 Å². The first kappa shape index (κ1) is 15.8. The van der Waals surface area contributed by atoms with Crippen molar-refractivity contribution in [1.29, 1.82) is 0 Å². The fourth-order valence-corrected chi connectivity index (χ4v) is 0.826. The van der Waals surface area contributed by atoms with Crippen molar-refractivity contribution >= 4 is 12.9 Å². The number of allylic oxidation sites excluding steroid dienone is 2. The molecule has 0 atom stereocenters. The summed E-state index contributed by atoms with van der Waals surface area (Å²) < 4.78 is 0. The van der Waals surface area contributed by atoms with Crippen LogP contribution in [0.5, 0.6) is 0 Å². The molecule has 15 heavy (non-hydrogen) atoms. The predicted molar refractivity (Wildman–Crippen MR) is 68.7 cm³/mol. The van der Waals surface area contributed by atoms with Crippen LogP contribution in [0.3, 0.4) is 0 Å². The molecule has 0 unspecified atom stereocenters. The number of aliphatic hydroxyl groups is 1. The molecule has 0 amide bonds. The van der Waals surface area contributed by atoms with E-state index >= 15 is 0 Å². The summed E-state index contributed by atoms with van der Waals surface area (Å²) in [7, 11) is 0. The Hall–Kier alpha value is -1.64. The summed E-state index contributed by atoms with van der Waals surface area (Å²) in [6.07, 6.45) is 4.85. The van der Waals surface area contributed by atoms with Gasteiger partial charge in [-0.1, -0.05) is 32.6 Å². The number of aliphatic hydroxyl groups excluding tert-OH is 1. The van der Waals surface area contributed by atoms with Gasteiger partial charge >= 0.3 is 0 Å². The minimum Gasteiger partial charge on any atom is -0.492 e. The van der Waals surface area contributed by atoms with Crippen LogP contribution in [0.1, 0.15) is 27.7 Å². The zero-order valence-electron chi connectivity index (χ0n) is 9.99. The zero-order chi connectivity index (χ0) is 12.3. The van der Waals surface area contributed by atoms with Gasteiger partial charge in [0.1, 0.15) is 5.70 Å². The average Bonchev–Trinajstić information content (AvgIpc) is 2.28. The lowest BCUT2D eigenvalue weighted by molar-refractivity contribution is 0.401. The van der Waals surface area contributed by atoms with E-state index in [1.54, 1.807) is 19.1 Å². The standard InChI is InChI=1S/C10H14N2O.C2H6/c1-5-8(6-2)9(11-4)10(13)12-7-3;1-2/h5-7,13H,1,4H2,2-3H3;1-2H3/b8-6-,10-9-,12-7-;. The van der Waals surface area contributed by atoms with Crippen molar-refractivity contribution in [2.75, 3.05) is 0 Å². The normalized spacial score (nSPS) is 12.7. The third-order valence-electron chi connectivity index (χ3n) is 1.43. The van der Waals surface area contributed by atoms with Crippen LogP contribution in [0.4, 0.5) is 0 Å². The van der Waals surface area contributed by atoms with E-state index < -0.39 is 0 Å². The van der Waals surface area contributed by atoms with Crippen LogP contribution in [-0.2, 0) is 0 Å². The monoisotopic (exact) mass is 208 g/mol. The second kappa shape index (κ2) is 10.4. The summed E-state index contributed by atoms with van der Waals surface area (Å²) in [5.74, 6) is -0.148. The summed E-state index contributed by atoms with van der Waals surface area (Å²) in [5.41, 5.74) is 1.05. The molecule has 0 aliphatic carbocycles. The average molecular weight is 208 g/mol. The van der Waals surface area contributed by atoms with E-state index in [9.17, 15) is 5.11 Å². The molecule has 1 N–H and O–H groups in total. The van der Waals surface area contributed by atoms with E-state index in [4.69, 9.17) is 0 Å². The molecule has 0 radical (unpaired) electrons. The first-order valence-corrected chi connectivity index (χ1v) is 4.89. The summed E-state index contributed by atoms with van der Waals surface area (Å²) in [4.78, 5) is 7.38. The van der Waals surface area contributed by atoms with Crippen LogP contribution >= 0.6 is 0 Å². The van der Waals surface area contributed by atoms with Crippen molar-refractivity contribution < 1.29 is 5.11 Å². The van der Waals surface area contributed by atoms with Crippen molar-refractivity contribution in [3.05, 3.63) is 35.9 Å². The molecule has 0 aromatic carbocycles. The molecule has 0 heterocycles. The minimum atomic E-state index is -0.148. The van der Waals surface area contributed by atoms with E-state index in [0.717, 1.165) is 0 Å². The predicted octanol–water partition coefficient (Wildman–Crippen LogP) is 3.66. The first-order valence-electron chi connectivity index (χ1n) is 4.89. The van der Waals surface area contributed by atoms with Crippen LogP contribution in [0, 0.1) is 0 Å². The number of hydrogen-bond donors (Lipinski definition) is 1. The van der Waals surface area contributed by atoms with E-state index in [-0.39, 0.29) is 5.88 Å². The molecule has 0 saturated carbocycles. The van der Waals surface area contributed by atoms with Crippen molar-refractivity contribution in [2.24, 2.45) is 9.98 Å². The Balaban J connectivity index is 0. The van der Waals surface area contributed by atoms with Crippen molar-refractivity contribution in [2.45, 2.75) is 27.7 Å². The maximum absolute atomic E-state index is 9.40. The maximum atomic E-state index is 9.40. The van der Waals surface area contributed by atoms with Gasteiger partial charge in [-0.15, -0.1) is 0 Å². The largest absolute Gasteiger partial charge is 0.492 e. The Morgan fingerprint density at radius 1 is 1.27 bits per heavy atom. The zero-order valence-corrected chi connectivity index (χ0v) is 9.99. The third-order valence-corrected chi connectivity index (χ3v) is 1.43. The van der Waals surface area contributed by atoms with E-state index in [0.29, 0.717) is 11.3 Å². The van der Waals surface area contributed by atoms with Crippen LogP contribution in [0.15, 0.2) is 45.9 Å². The SMILES string of the molecule is C=CC(=C/C)/C(N=C)=C(O)\N=C/C.CC. The van der Waals surface area contributed by atoms with Gasteiger partial charge in [0.15, 0.2) is 0 Å². The highest BCUT2D eigenvalue weighted by Crippen LogP contribution is 2.15. The van der Waals surface area contributed by atoms with Gasteiger partial charge in [-0.25, -0.2) is 4.99 Å². The molecule has 3 nitrogen and oxygen atoms in total. The summed E-state index contributed by atoms with van der Waals surface area (Å²) in [6, 6.07) is 0. The Kier molecular flexibility index (Phi) is 11.0. The summed E-state index contributed by atoms with van der Waals surface area (Å²) in [6.45, 7) is 14.5. The van der Waals surface area contributed by atoms with Crippen LogP contribution < -0.4 is 0 Å². The smallest absolute Gasteiger partial charge is 0.237 e. The Morgan fingerprint density at radius 2 is 1.80 bits per heavy atom. The maximum Gasteiger partial charge on any atom is 0.237 e. The topological polar surface area (TPSA) is 45.0 Å². The highest BCUT2D eigenvalue weighted by molar-refractivity contribution is 5.56. The Morgan fingerprint density at radius 3 is 2.07 bits per heavy atom. The molecule has 0 bridgehead atoms. The van der Waals surface area contributed by atoms with Gasteiger partial charge in [0, 0.05) is 11.8 Å². The van der Waals surface area contributed by atoms with E-state index in [2.05, 4.69) is 23.3 Å². The molecule has 0 rings (SSSR count). The lowest BCUT2D eigenvalue weighted by atomic mass is 10.2. The minimum absolute atomic E-state index is 0.148. The summed E-state index contributed by atoms with van der Waals surface area (Å²) in [5, 5.41) is 9.40. The van der Waals surface area contributed by atoms with Crippen LogP contribution in [-0.4, -0.2) is 18.0 Å².